The standard InChI is InChI=1S/C13H15N3O2/c1-13(2,3)16(10-17)15(9-14)12(18)11-7-5-4-6-8-11/h4-8,10H,1-3H3. The van der Waals surface area contributed by atoms with E-state index in [1.54, 1.807) is 57.3 Å². The molecule has 0 radical (unpaired) electrons. The Morgan fingerprint density at radius 3 is 2.22 bits per heavy atom. The molecule has 0 atom stereocenters. The van der Waals surface area contributed by atoms with Gasteiger partial charge in [0.2, 0.25) is 12.6 Å². The highest BCUT2D eigenvalue weighted by atomic mass is 16.2. The maximum atomic E-state index is 12.1. The monoisotopic (exact) mass is 245 g/mol. The predicted octanol–water partition coefficient (Wildman–Crippen LogP) is 1.78. The lowest BCUT2D eigenvalue weighted by molar-refractivity contribution is -0.135. The van der Waals surface area contributed by atoms with Gasteiger partial charge in [-0.05, 0) is 32.9 Å². The molecule has 0 aromatic heterocycles. The van der Waals surface area contributed by atoms with E-state index in [-0.39, 0.29) is 0 Å². The number of hydrogen-bond acceptors (Lipinski definition) is 3. The van der Waals surface area contributed by atoms with Crippen LogP contribution in [-0.2, 0) is 4.79 Å². The van der Waals surface area contributed by atoms with E-state index in [4.69, 9.17) is 5.26 Å². The summed E-state index contributed by atoms with van der Waals surface area (Å²) in [6.07, 6.45) is 2.21. The van der Waals surface area contributed by atoms with Crippen molar-refractivity contribution in [3.63, 3.8) is 0 Å². The van der Waals surface area contributed by atoms with E-state index in [1.165, 1.54) is 0 Å². The van der Waals surface area contributed by atoms with Crippen LogP contribution >= 0.6 is 0 Å². The van der Waals surface area contributed by atoms with Gasteiger partial charge in [0.25, 0.3) is 5.91 Å². The van der Waals surface area contributed by atoms with Gasteiger partial charge in [-0.3, -0.25) is 9.59 Å². The highest BCUT2D eigenvalue weighted by Crippen LogP contribution is 2.16. The molecule has 0 N–H and O–H groups in total. The second-order valence-electron chi connectivity index (χ2n) is 4.70. The highest BCUT2D eigenvalue weighted by Gasteiger charge is 2.30. The third-order valence-electron chi connectivity index (χ3n) is 2.31. The largest absolute Gasteiger partial charge is 0.286 e. The Bertz CT molecular complexity index is 471. The first kappa shape index (κ1) is 13.7. The lowest BCUT2D eigenvalue weighted by Crippen LogP contribution is -2.52. The van der Waals surface area contributed by atoms with Crippen LogP contribution in [0, 0.1) is 11.5 Å². The molecule has 0 saturated carbocycles. The molecule has 18 heavy (non-hydrogen) atoms. The number of amides is 2. The molecular formula is C13H15N3O2. The minimum Gasteiger partial charge on any atom is -0.277 e. The minimum absolute atomic E-state index is 0.357. The maximum absolute atomic E-state index is 12.1. The van der Waals surface area contributed by atoms with Gasteiger partial charge in [-0.2, -0.15) is 5.26 Å². The summed E-state index contributed by atoms with van der Waals surface area (Å²) in [4.78, 5) is 23.2. The third kappa shape index (κ3) is 2.86. The number of benzene rings is 1. The fraction of sp³-hybridized carbons (Fsp3) is 0.308. The van der Waals surface area contributed by atoms with Crippen LogP contribution in [0.3, 0.4) is 0 Å². The molecule has 5 heteroatoms. The molecule has 1 aromatic rings. The second kappa shape index (κ2) is 5.32. The van der Waals surface area contributed by atoms with Gasteiger partial charge < -0.3 is 0 Å². The zero-order chi connectivity index (χ0) is 13.8. The lowest BCUT2D eigenvalue weighted by Gasteiger charge is -2.36. The van der Waals surface area contributed by atoms with Gasteiger partial charge in [-0.25, -0.2) is 5.01 Å². The van der Waals surface area contributed by atoms with Gasteiger partial charge in [-0.1, -0.05) is 18.2 Å². The predicted molar refractivity (Wildman–Crippen MR) is 65.9 cm³/mol. The van der Waals surface area contributed by atoms with E-state index in [1.807, 2.05) is 0 Å². The van der Waals surface area contributed by atoms with E-state index in [9.17, 15) is 9.59 Å². The molecule has 0 saturated heterocycles. The average Bonchev–Trinajstić information content (AvgIpc) is 2.34. The fourth-order valence-corrected chi connectivity index (χ4v) is 1.40. The van der Waals surface area contributed by atoms with Crippen molar-refractivity contribution >= 4 is 12.3 Å². The number of hydrazine groups is 1. The number of nitriles is 1. The van der Waals surface area contributed by atoms with E-state index in [2.05, 4.69) is 0 Å². The summed E-state index contributed by atoms with van der Waals surface area (Å²) in [5.74, 6) is -0.528. The Balaban J connectivity index is 3.08. The molecule has 0 heterocycles. The van der Waals surface area contributed by atoms with Gasteiger partial charge in [0.15, 0.2) is 0 Å². The Hall–Kier alpha value is -2.35. The average molecular weight is 245 g/mol. The van der Waals surface area contributed by atoms with Crippen molar-refractivity contribution in [1.82, 2.24) is 10.0 Å². The number of carbonyl (C=O) groups is 2. The molecule has 5 nitrogen and oxygen atoms in total. The van der Waals surface area contributed by atoms with Crippen LogP contribution in [0.1, 0.15) is 31.1 Å². The molecule has 0 fully saturated rings. The fourth-order valence-electron chi connectivity index (χ4n) is 1.40. The SMILES string of the molecule is CC(C)(C)N(C=O)N(C#N)C(=O)c1ccccc1. The van der Waals surface area contributed by atoms with Crippen LogP contribution in [0.2, 0.25) is 0 Å². The summed E-state index contributed by atoms with van der Waals surface area (Å²) in [5, 5.41) is 10.9. The van der Waals surface area contributed by atoms with E-state index in [0.29, 0.717) is 12.0 Å². The maximum Gasteiger partial charge on any atom is 0.286 e. The first-order valence-corrected chi connectivity index (χ1v) is 5.45. The summed E-state index contributed by atoms with van der Waals surface area (Å²) in [6, 6.07) is 8.36. The smallest absolute Gasteiger partial charge is 0.277 e. The van der Waals surface area contributed by atoms with Crippen molar-refractivity contribution in [2.75, 3.05) is 0 Å². The van der Waals surface area contributed by atoms with Crippen molar-refractivity contribution in [2.45, 2.75) is 26.3 Å². The Kier molecular flexibility index (Phi) is 4.05. The van der Waals surface area contributed by atoms with Gasteiger partial charge in [0.1, 0.15) is 0 Å². The zero-order valence-electron chi connectivity index (χ0n) is 10.6. The van der Waals surface area contributed by atoms with Crippen molar-refractivity contribution in [3.8, 4) is 6.19 Å². The molecular weight excluding hydrogens is 230 g/mol. The van der Waals surface area contributed by atoms with Gasteiger partial charge in [0, 0.05) is 5.56 Å². The minimum atomic E-state index is -0.651. The lowest BCUT2D eigenvalue weighted by atomic mass is 10.1. The van der Waals surface area contributed by atoms with Crippen LogP contribution in [0.4, 0.5) is 0 Å². The zero-order valence-corrected chi connectivity index (χ0v) is 10.6. The first-order valence-electron chi connectivity index (χ1n) is 5.45. The van der Waals surface area contributed by atoms with Gasteiger partial charge in [0.05, 0.1) is 5.54 Å². The summed E-state index contributed by atoms with van der Waals surface area (Å²) < 4.78 is 0. The Labute approximate surface area is 106 Å². The highest BCUT2D eigenvalue weighted by molar-refractivity contribution is 5.95. The van der Waals surface area contributed by atoms with Crippen molar-refractivity contribution in [2.24, 2.45) is 0 Å². The van der Waals surface area contributed by atoms with E-state index >= 15 is 0 Å². The molecule has 0 aliphatic heterocycles. The van der Waals surface area contributed by atoms with Gasteiger partial charge in [-0.15, -0.1) is 5.01 Å². The van der Waals surface area contributed by atoms with E-state index in [0.717, 1.165) is 10.0 Å². The third-order valence-corrected chi connectivity index (χ3v) is 2.31. The second-order valence-corrected chi connectivity index (χ2v) is 4.70. The number of nitrogens with zero attached hydrogens (tertiary/aromatic N) is 3. The molecule has 0 aliphatic carbocycles. The van der Waals surface area contributed by atoms with Crippen molar-refractivity contribution < 1.29 is 9.59 Å². The topological polar surface area (TPSA) is 64.4 Å². The van der Waals surface area contributed by atoms with Crippen LogP contribution in [0.5, 0.6) is 0 Å². The van der Waals surface area contributed by atoms with Crippen molar-refractivity contribution in [1.29, 1.82) is 5.26 Å². The number of carbonyl (C=O) groups excluding carboxylic acids is 2. The normalized spacial score (nSPS) is 10.3. The Morgan fingerprint density at radius 1 is 1.28 bits per heavy atom. The molecule has 94 valence electrons. The van der Waals surface area contributed by atoms with Crippen LogP contribution in [0.15, 0.2) is 30.3 Å². The summed E-state index contributed by atoms with van der Waals surface area (Å²) in [5.41, 5.74) is -0.294. The van der Waals surface area contributed by atoms with Crippen LogP contribution in [-0.4, -0.2) is 27.9 Å². The summed E-state index contributed by atoms with van der Waals surface area (Å²) in [6.45, 7) is 5.22. The molecule has 0 bridgehead atoms. The number of hydrogen-bond donors (Lipinski definition) is 0. The quantitative estimate of drug-likeness (QED) is 0.353. The molecule has 2 amide bonds. The molecule has 0 unspecified atom stereocenters. The Morgan fingerprint density at radius 2 is 1.83 bits per heavy atom. The molecule has 0 aliphatic rings. The first-order chi connectivity index (χ1) is 8.41. The van der Waals surface area contributed by atoms with Gasteiger partial charge >= 0.3 is 0 Å². The van der Waals surface area contributed by atoms with Crippen LogP contribution < -0.4 is 0 Å². The summed E-state index contributed by atoms with van der Waals surface area (Å²) in [7, 11) is 0. The summed E-state index contributed by atoms with van der Waals surface area (Å²) >= 11 is 0. The molecule has 1 rings (SSSR count). The number of rotatable bonds is 3. The molecule has 1 aromatic carbocycles. The van der Waals surface area contributed by atoms with Crippen LogP contribution in [0.25, 0.3) is 0 Å². The van der Waals surface area contributed by atoms with E-state index < -0.39 is 11.4 Å². The molecule has 0 spiro atoms. The van der Waals surface area contributed by atoms with Crippen molar-refractivity contribution in [3.05, 3.63) is 35.9 Å².